The maximum atomic E-state index is 14.3. The van der Waals surface area contributed by atoms with Gasteiger partial charge in [0.1, 0.15) is 23.2 Å². The fraction of sp³-hybridized carbons (Fsp3) is 0.257. The Hall–Kier alpha value is -4.18. The molecule has 2 fully saturated rings. The smallest absolute Gasteiger partial charge is 0.244 e. The van der Waals surface area contributed by atoms with Crippen LogP contribution in [0.1, 0.15) is 48.0 Å². The van der Waals surface area contributed by atoms with Gasteiger partial charge in [-0.15, -0.1) is 16.9 Å². The molecule has 1 aromatic heterocycles. The molecular formula is C35H33ClN6O2S. The van der Waals surface area contributed by atoms with Gasteiger partial charge in [0, 0.05) is 4.75 Å². The molecular weight excluding hydrogens is 604 g/mol. The highest BCUT2D eigenvalue weighted by atomic mass is 35.5. The Balaban J connectivity index is 1.24. The summed E-state index contributed by atoms with van der Waals surface area (Å²) in [6.07, 6.45) is 0. The van der Waals surface area contributed by atoms with Gasteiger partial charge in [-0.3, -0.25) is 10.1 Å². The lowest BCUT2D eigenvalue weighted by molar-refractivity contribution is -0.150. The summed E-state index contributed by atoms with van der Waals surface area (Å²) in [5, 5.41) is 17.1. The minimum atomic E-state index is -0.756. The van der Waals surface area contributed by atoms with Gasteiger partial charge in [0.2, 0.25) is 5.91 Å². The molecule has 3 heterocycles. The molecule has 228 valence electrons. The first kappa shape index (κ1) is 29.5. The first-order valence-electron chi connectivity index (χ1n) is 14.9. The van der Waals surface area contributed by atoms with E-state index in [4.69, 9.17) is 16.3 Å². The number of ether oxygens (including phenoxy) is 1. The van der Waals surface area contributed by atoms with Crippen LogP contribution in [0.15, 0.2) is 109 Å². The average molecular weight is 637 g/mol. The van der Waals surface area contributed by atoms with Crippen LogP contribution in [0.2, 0.25) is 5.02 Å². The van der Waals surface area contributed by atoms with E-state index >= 15 is 0 Å². The number of fused-ring (bicyclic) bond motifs is 1. The maximum Gasteiger partial charge on any atom is 0.244 e. The Labute approximate surface area is 271 Å². The Bertz CT molecular complexity index is 1720. The predicted octanol–water partition coefficient (Wildman–Crippen LogP) is 6.07. The number of carbonyl (C=O) groups is 1. The number of tetrazole rings is 1. The fourth-order valence-corrected chi connectivity index (χ4v) is 8.62. The van der Waals surface area contributed by atoms with Crippen molar-refractivity contribution in [2.45, 2.75) is 48.1 Å². The number of methoxy groups -OCH3 is 1. The van der Waals surface area contributed by atoms with Crippen molar-refractivity contribution in [3.63, 3.8) is 0 Å². The second kappa shape index (κ2) is 11.6. The number of rotatable bonds is 9. The Morgan fingerprint density at radius 2 is 1.49 bits per heavy atom. The van der Waals surface area contributed by atoms with E-state index in [0.29, 0.717) is 23.1 Å². The second-order valence-corrected chi connectivity index (χ2v) is 14.1. The lowest BCUT2D eigenvalue weighted by Gasteiger charge is -2.49. The molecule has 5 aromatic rings. The molecule has 1 N–H and O–H groups in total. The molecule has 2 aliphatic rings. The lowest BCUT2D eigenvalue weighted by atomic mass is 9.76. The molecule has 0 radical (unpaired) electrons. The van der Waals surface area contributed by atoms with E-state index in [9.17, 15) is 4.79 Å². The standard InChI is InChI=1S/C35H33ClN6O2S/c1-34(2)30(31-38-39-40-41(31)22-23-19-20-28(44-3)27(36)21-23)42-32(43)29(33(42)45-34)37-35(24-13-7-4-8-14-24,25-15-9-5-10-16-25)26-17-11-6-12-18-26/h4-21,29-30,33,37H,22H2,1-3H3. The van der Waals surface area contributed by atoms with Crippen LogP contribution in [0.5, 0.6) is 5.75 Å². The van der Waals surface area contributed by atoms with Gasteiger partial charge in [-0.25, -0.2) is 4.68 Å². The molecule has 0 aliphatic carbocycles. The van der Waals surface area contributed by atoms with Crippen LogP contribution in [0.3, 0.4) is 0 Å². The minimum Gasteiger partial charge on any atom is -0.495 e. The second-order valence-electron chi connectivity index (χ2n) is 11.9. The van der Waals surface area contributed by atoms with E-state index in [-0.39, 0.29) is 22.1 Å². The topological polar surface area (TPSA) is 85.2 Å². The third-order valence-electron chi connectivity index (χ3n) is 8.79. The molecule has 3 unspecified atom stereocenters. The normalized spacial score (nSPS) is 20.5. The van der Waals surface area contributed by atoms with E-state index in [0.717, 1.165) is 22.3 Å². The zero-order valence-electron chi connectivity index (χ0n) is 25.2. The van der Waals surface area contributed by atoms with Crippen molar-refractivity contribution >= 4 is 29.3 Å². The monoisotopic (exact) mass is 636 g/mol. The highest BCUT2D eigenvalue weighted by molar-refractivity contribution is 8.01. The predicted molar refractivity (Wildman–Crippen MR) is 176 cm³/mol. The van der Waals surface area contributed by atoms with Gasteiger partial charge in [-0.1, -0.05) is 109 Å². The molecule has 45 heavy (non-hydrogen) atoms. The minimum absolute atomic E-state index is 0.0253. The van der Waals surface area contributed by atoms with E-state index in [1.54, 1.807) is 23.6 Å². The molecule has 2 aliphatic heterocycles. The van der Waals surface area contributed by atoms with Crippen molar-refractivity contribution in [3.8, 4) is 5.75 Å². The van der Waals surface area contributed by atoms with Crippen LogP contribution < -0.4 is 10.1 Å². The molecule has 10 heteroatoms. The summed E-state index contributed by atoms with van der Waals surface area (Å²) >= 11 is 8.19. The summed E-state index contributed by atoms with van der Waals surface area (Å²) in [6.45, 7) is 4.73. The van der Waals surface area contributed by atoms with Gasteiger partial charge in [0.15, 0.2) is 5.82 Å². The molecule has 1 amide bonds. The number of carbonyl (C=O) groups excluding carboxylic acids is 1. The van der Waals surface area contributed by atoms with Crippen LogP contribution in [-0.4, -0.2) is 54.3 Å². The number of halogens is 1. The van der Waals surface area contributed by atoms with Gasteiger partial charge in [0.25, 0.3) is 0 Å². The molecule has 0 bridgehead atoms. The van der Waals surface area contributed by atoms with E-state index in [1.165, 1.54) is 0 Å². The number of benzene rings is 4. The first-order valence-corrected chi connectivity index (χ1v) is 16.1. The third kappa shape index (κ3) is 4.99. The maximum absolute atomic E-state index is 14.3. The summed E-state index contributed by atoms with van der Waals surface area (Å²) < 4.78 is 6.73. The Morgan fingerprint density at radius 1 is 0.911 bits per heavy atom. The molecule has 0 spiro atoms. The number of nitrogens with one attached hydrogen (secondary N) is 1. The number of aromatic nitrogens is 4. The van der Waals surface area contributed by atoms with Crippen LogP contribution >= 0.6 is 23.4 Å². The lowest BCUT2D eigenvalue weighted by Crippen LogP contribution is -2.70. The van der Waals surface area contributed by atoms with Gasteiger partial charge in [-0.2, -0.15) is 0 Å². The summed E-state index contributed by atoms with van der Waals surface area (Å²) in [4.78, 5) is 16.3. The molecule has 4 aromatic carbocycles. The third-order valence-corrected chi connectivity index (χ3v) is 10.7. The van der Waals surface area contributed by atoms with Crippen molar-refractivity contribution < 1.29 is 9.53 Å². The number of hydrogen-bond donors (Lipinski definition) is 1. The molecule has 8 nitrogen and oxygen atoms in total. The molecule has 7 rings (SSSR count). The zero-order valence-corrected chi connectivity index (χ0v) is 26.7. The van der Waals surface area contributed by atoms with E-state index in [1.807, 2.05) is 77.7 Å². The number of hydrogen-bond acceptors (Lipinski definition) is 7. The summed E-state index contributed by atoms with van der Waals surface area (Å²) in [7, 11) is 1.59. The summed E-state index contributed by atoms with van der Waals surface area (Å²) in [6, 6.07) is 36.0. The largest absolute Gasteiger partial charge is 0.495 e. The van der Waals surface area contributed by atoms with E-state index < -0.39 is 11.6 Å². The number of thioether (sulfide) groups is 1. The average Bonchev–Trinajstić information content (AvgIpc) is 3.61. The molecule has 0 saturated carbocycles. The van der Waals surface area contributed by atoms with Crippen LogP contribution in [0.25, 0.3) is 0 Å². The van der Waals surface area contributed by atoms with Crippen LogP contribution in [0, 0.1) is 0 Å². The van der Waals surface area contributed by atoms with Gasteiger partial charge in [-0.05, 0) is 58.7 Å². The first-order chi connectivity index (χ1) is 21.8. The highest BCUT2D eigenvalue weighted by Crippen LogP contribution is 2.57. The zero-order chi connectivity index (χ0) is 31.2. The van der Waals surface area contributed by atoms with Crippen molar-refractivity contribution in [2.75, 3.05) is 7.11 Å². The molecule has 3 atom stereocenters. The quantitative estimate of drug-likeness (QED) is 0.155. The van der Waals surface area contributed by atoms with Crippen molar-refractivity contribution in [1.82, 2.24) is 30.4 Å². The van der Waals surface area contributed by atoms with Crippen LogP contribution in [0.4, 0.5) is 0 Å². The van der Waals surface area contributed by atoms with Gasteiger partial charge < -0.3 is 9.64 Å². The van der Waals surface area contributed by atoms with Crippen molar-refractivity contribution in [1.29, 1.82) is 0 Å². The van der Waals surface area contributed by atoms with E-state index in [2.05, 4.69) is 71.1 Å². The van der Waals surface area contributed by atoms with Crippen LogP contribution in [-0.2, 0) is 16.9 Å². The van der Waals surface area contributed by atoms with Crippen molar-refractivity contribution in [3.05, 3.63) is 142 Å². The SMILES string of the molecule is COc1ccc(Cn2nnnc2C2N3C(=O)C(NC(c4ccccc4)(c4ccccc4)c4ccccc4)C3SC2(C)C)cc1Cl. The summed E-state index contributed by atoms with van der Waals surface area (Å²) in [5.74, 6) is 1.28. The summed E-state index contributed by atoms with van der Waals surface area (Å²) in [5.41, 5.74) is 3.37. The van der Waals surface area contributed by atoms with Crippen molar-refractivity contribution in [2.24, 2.45) is 0 Å². The number of amides is 1. The van der Waals surface area contributed by atoms with Gasteiger partial charge in [0.05, 0.1) is 24.2 Å². The van der Waals surface area contributed by atoms with Gasteiger partial charge >= 0.3 is 0 Å². The molecule has 2 saturated heterocycles. The number of β-lactam (4-membered cyclic amide) rings is 1. The Morgan fingerprint density at radius 3 is 2.02 bits per heavy atom. The highest BCUT2D eigenvalue weighted by Gasteiger charge is 2.64. The number of nitrogens with zero attached hydrogens (tertiary/aromatic N) is 5. The fourth-order valence-electron chi connectivity index (χ4n) is 6.71. The Kier molecular flexibility index (Phi) is 7.63.